The van der Waals surface area contributed by atoms with E-state index in [9.17, 15) is 18.5 Å². The Hall–Kier alpha value is -2.87. The summed E-state index contributed by atoms with van der Waals surface area (Å²) in [6, 6.07) is 11.2. The van der Waals surface area contributed by atoms with Gasteiger partial charge in [0.15, 0.2) is 0 Å². The molecule has 4 rings (SSSR count). The Kier molecular flexibility index (Phi) is 8.03. The van der Waals surface area contributed by atoms with Gasteiger partial charge in [-0.3, -0.25) is 9.52 Å². The summed E-state index contributed by atoms with van der Waals surface area (Å²) < 4.78 is 31.4. The number of halogens is 1. The van der Waals surface area contributed by atoms with E-state index in [1.54, 1.807) is 25.3 Å². The van der Waals surface area contributed by atoms with E-state index in [4.69, 9.17) is 21.3 Å². The fourth-order valence-electron chi connectivity index (χ4n) is 4.55. The number of carbonyl (C=O) groups is 1. The Balaban J connectivity index is 1.64. The van der Waals surface area contributed by atoms with E-state index in [0.29, 0.717) is 55.6 Å². The predicted octanol–water partition coefficient (Wildman–Crippen LogP) is 3.51. The van der Waals surface area contributed by atoms with E-state index >= 15 is 0 Å². The van der Waals surface area contributed by atoms with Gasteiger partial charge in [0.2, 0.25) is 15.9 Å². The summed E-state index contributed by atoms with van der Waals surface area (Å²) in [7, 11) is -2.05. The topological polar surface area (TPSA) is 116 Å². The number of carbonyl (C=O) groups excluding carboxylic acids is 1. The quantitative estimate of drug-likeness (QED) is 0.492. The van der Waals surface area contributed by atoms with Crippen molar-refractivity contribution >= 4 is 39.0 Å². The minimum atomic E-state index is -3.64. The van der Waals surface area contributed by atoms with Crippen LogP contribution < -0.4 is 9.62 Å². The molecule has 1 aromatic carbocycles. The number of anilines is 2. The standard InChI is InChI=1S/C25H30ClN5O4S/c1-17-15-30(9-10-31(17)23(32)8-11-35-2)25-20(14-27)13-22(24(28-25)18-6-7-18)19-4-3-5-21(12-19)29-36(33,34)16-26/h3-5,12-13,17-18,29H,6-11,15-16H2,1-2H3/t17-/m1/s1. The number of benzene rings is 1. The molecule has 2 aliphatic rings. The number of sulfonamides is 1. The molecule has 192 valence electrons. The Morgan fingerprint density at radius 2 is 2.08 bits per heavy atom. The molecule has 1 aromatic heterocycles. The first kappa shape index (κ1) is 26.2. The average Bonchev–Trinajstić information content (AvgIpc) is 3.72. The van der Waals surface area contributed by atoms with Crippen LogP contribution in [0.5, 0.6) is 0 Å². The number of hydrogen-bond donors (Lipinski definition) is 1. The number of nitriles is 1. The number of aromatic nitrogens is 1. The van der Waals surface area contributed by atoms with Crippen LogP contribution in [0.15, 0.2) is 30.3 Å². The molecule has 2 fully saturated rings. The Morgan fingerprint density at radius 3 is 2.72 bits per heavy atom. The molecule has 9 nitrogen and oxygen atoms in total. The third kappa shape index (κ3) is 5.91. The molecule has 1 N–H and O–H groups in total. The SMILES string of the molecule is COCCC(=O)N1CCN(c2nc(C3CC3)c(-c3cccc(NS(=O)(=O)CCl)c3)cc2C#N)C[C@H]1C. The van der Waals surface area contributed by atoms with Crippen molar-refractivity contribution in [1.82, 2.24) is 9.88 Å². The summed E-state index contributed by atoms with van der Waals surface area (Å²) in [5, 5.41) is 9.47. The van der Waals surface area contributed by atoms with E-state index in [0.717, 1.165) is 29.7 Å². The van der Waals surface area contributed by atoms with Crippen molar-refractivity contribution in [3.05, 3.63) is 41.6 Å². The van der Waals surface area contributed by atoms with E-state index in [-0.39, 0.29) is 11.9 Å². The molecule has 1 aliphatic carbocycles. The molecule has 0 spiro atoms. The van der Waals surface area contributed by atoms with Gasteiger partial charge >= 0.3 is 0 Å². The monoisotopic (exact) mass is 531 g/mol. The lowest BCUT2D eigenvalue weighted by Crippen LogP contribution is -2.54. The van der Waals surface area contributed by atoms with Crippen LogP contribution in [-0.4, -0.2) is 68.8 Å². The summed E-state index contributed by atoms with van der Waals surface area (Å²) in [4.78, 5) is 21.5. The van der Waals surface area contributed by atoms with Crippen molar-refractivity contribution < 1.29 is 17.9 Å². The Labute approximate surface area is 217 Å². The smallest absolute Gasteiger partial charge is 0.246 e. The lowest BCUT2D eigenvalue weighted by atomic mass is 9.98. The lowest BCUT2D eigenvalue weighted by Gasteiger charge is -2.41. The first-order valence-corrected chi connectivity index (χ1v) is 14.1. The second-order valence-electron chi connectivity index (χ2n) is 9.21. The van der Waals surface area contributed by atoms with E-state index in [2.05, 4.69) is 15.7 Å². The second-order valence-corrected chi connectivity index (χ2v) is 11.5. The van der Waals surface area contributed by atoms with Crippen molar-refractivity contribution in [1.29, 1.82) is 5.26 Å². The largest absolute Gasteiger partial charge is 0.384 e. The van der Waals surface area contributed by atoms with Gasteiger partial charge in [-0.05, 0) is 43.5 Å². The third-order valence-corrected chi connectivity index (χ3v) is 8.17. The van der Waals surface area contributed by atoms with Crippen molar-refractivity contribution in [2.75, 3.05) is 48.2 Å². The van der Waals surface area contributed by atoms with Crippen molar-refractivity contribution in [3.8, 4) is 17.2 Å². The molecule has 0 radical (unpaired) electrons. The van der Waals surface area contributed by atoms with Crippen molar-refractivity contribution in [3.63, 3.8) is 0 Å². The van der Waals surface area contributed by atoms with Gasteiger partial charge in [0, 0.05) is 50.0 Å². The summed E-state index contributed by atoms with van der Waals surface area (Å²) >= 11 is 5.54. The van der Waals surface area contributed by atoms with E-state index in [1.165, 1.54) is 0 Å². The molecule has 1 saturated heterocycles. The van der Waals surface area contributed by atoms with Gasteiger partial charge in [0.25, 0.3) is 0 Å². The second kappa shape index (κ2) is 11.0. The molecule has 1 atom stereocenters. The normalized spacial score (nSPS) is 18.1. The number of alkyl halides is 1. The lowest BCUT2D eigenvalue weighted by molar-refractivity contribution is -0.134. The van der Waals surface area contributed by atoms with E-state index < -0.39 is 15.2 Å². The summed E-state index contributed by atoms with van der Waals surface area (Å²) in [6.07, 6.45) is 2.38. The number of nitrogens with zero attached hydrogens (tertiary/aromatic N) is 4. The molecular formula is C25H30ClN5O4S. The fourth-order valence-corrected chi connectivity index (χ4v) is 5.25. The number of nitrogens with one attached hydrogen (secondary N) is 1. The maximum absolute atomic E-state index is 12.5. The zero-order valence-corrected chi connectivity index (χ0v) is 22.0. The number of piperazine rings is 1. The number of hydrogen-bond acceptors (Lipinski definition) is 7. The summed E-state index contributed by atoms with van der Waals surface area (Å²) in [5.74, 6) is 0.998. The number of ether oxygens (including phenoxy) is 1. The highest BCUT2D eigenvalue weighted by Crippen LogP contribution is 2.45. The van der Waals surface area contributed by atoms with Crippen LogP contribution in [0.3, 0.4) is 0 Å². The van der Waals surface area contributed by atoms with Gasteiger partial charge in [-0.25, -0.2) is 13.4 Å². The van der Waals surface area contributed by atoms with E-state index in [1.807, 2.05) is 24.0 Å². The first-order chi connectivity index (χ1) is 17.3. The van der Waals surface area contributed by atoms with Crippen LogP contribution in [0.1, 0.15) is 43.4 Å². The van der Waals surface area contributed by atoms with Crippen LogP contribution in [0.25, 0.3) is 11.1 Å². The summed E-state index contributed by atoms with van der Waals surface area (Å²) in [5.41, 5.74) is 3.37. The minimum absolute atomic E-state index is 0.0212. The molecule has 0 unspecified atom stereocenters. The van der Waals surface area contributed by atoms with Crippen molar-refractivity contribution in [2.45, 2.75) is 38.1 Å². The van der Waals surface area contributed by atoms with Gasteiger partial charge < -0.3 is 14.5 Å². The molecule has 2 aromatic rings. The highest BCUT2D eigenvalue weighted by Gasteiger charge is 2.33. The van der Waals surface area contributed by atoms with Gasteiger partial charge in [0.05, 0.1) is 24.3 Å². The van der Waals surface area contributed by atoms with Gasteiger partial charge in [-0.2, -0.15) is 5.26 Å². The van der Waals surface area contributed by atoms with Gasteiger partial charge in [-0.15, -0.1) is 11.6 Å². The molecule has 1 amide bonds. The number of rotatable bonds is 9. The van der Waals surface area contributed by atoms with Crippen LogP contribution in [0.2, 0.25) is 0 Å². The maximum Gasteiger partial charge on any atom is 0.246 e. The molecular weight excluding hydrogens is 502 g/mol. The highest BCUT2D eigenvalue weighted by atomic mass is 35.5. The number of pyridine rings is 1. The first-order valence-electron chi connectivity index (χ1n) is 11.9. The fraction of sp³-hybridized carbons (Fsp3) is 0.480. The molecule has 1 aliphatic heterocycles. The van der Waals surface area contributed by atoms with Crippen molar-refractivity contribution in [2.24, 2.45) is 0 Å². The van der Waals surface area contributed by atoms with Crippen LogP contribution in [0, 0.1) is 11.3 Å². The van der Waals surface area contributed by atoms with Crippen LogP contribution in [-0.2, 0) is 19.6 Å². The van der Waals surface area contributed by atoms with Gasteiger partial charge in [0.1, 0.15) is 17.1 Å². The summed E-state index contributed by atoms with van der Waals surface area (Å²) in [6.45, 7) is 4.13. The average molecular weight is 532 g/mol. The molecule has 36 heavy (non-hydrogen) atoms. The number of amides is 1. The Bertz CT molecular complexity index is 1280. The zero-order chi connectivity index (χ0) is 25.9. The minimum Gasteiger partial charge on any atom is -0.384 e. The Morgan fingerprint density at radius 1 is 1.31 bits per heavy atom. The van der Waals surface area contributed by atoms with Crippen LogP contribution in [0.4, 0.5) is 11.5 Å². The highest BCUT2D eigenvalue weighted by molar-refractivity contribution is 7.93. The predicted molar refractivity (Wildman–Crippen MR) is 140 cm³/mol. The molecule has 1 saturated carbocycles. The maximum atomic E-state index is 12.5. The zero-order valence-electron chi connectivity index (χ0n) is 20.4. The number of methoxy groups -OCH3 is 1. The third-order valence-electron chi connectivity index (χ3n) is 6.47. The molecule has 2 heterocycles. The molecule has 11 heteroatoms. The van der Waals surface area contributed by atoms with Gasteiger partial charge in [-0.1, -0.05) is 12.1 Å². The van der Waals surface area contributed by atoms with Crippen LogP contribution >= 0.6 is 11.6 Å². The molecule has 0 bridgehead atoms.